The monoisotopic (exact) mass is 353 g/mol. The first kappa shape index (κ1) is 18.9. The second-order valence-electron chi connectivity index (χ2n) is 6.49. The standard InChI is InChI=1S/C17H27N3O3S/c18-16(13-14-7-2-1-3-8-14)17(21)20-11-6-10-15(20)9-4-5-12-24(19,22)23/h1-3,7-8,15-16H,4-6,9-13,18H2,(H2,19,22,23). The number of amides is 1. The van der Waals surface area contributed by atoms with Gasteiger partial charge >= 0.3 is 0 Å². The molecule has 1 saturated heterocycles. The maximum Gasteiger partial charge on any atom is 0.240 e. The first-order chi connectivity index (χ1) is 11.4. The average molecular weight is 353 g/mol. The number of nitrogens with zero attached hydrogens (tertiary/aromatic N) is 1. The molecule has 7 heteroatoms. The first-order valence-corrected chi connectivity index (χ1v) is 10.2. The summed E-state index contributed by atoms with van der Waals surface area (Å²) in [6, 6.07) is 9.41. The molecule has 1 aliphatic heterocycles. The number of carbonyl (C=O) groups is 1. The van der Waals surface area contributed by atoms with Crippen LogP contribution in [-0.2, 0) is 21.2 Å². The largest absolute Gasteiger partial charge is 0.338 e. The Balaban J connectivity index is 1.83. The SMILES string of the molecule is NC(Cc1ccccc1)C(=O)N1CCCC1CCCCS(N)(=O)=O. The topological polar surface area (TPSA) is 106 Å². The number of unbranched alkanes of at least 4 members (excludes halogenated alkanes) is 1. The van der Waals surface area contributed by atoms with Crippen LogP contribution in [0.2, 0.25) is 0 Å². The zero-order chi connectivity index (χ0) is 17.6. The zero-order valence-electron chi connectivity index (χ0n) is 13.9. The molecule has 0 saturated carbocycles. The summed E-state index contributed by atoms with van der Waals surface area (Å²) in [6.07, 6.45) is 4.56. The van der Waals surface area contributed by atoms with E-state index in [0.717, 1.165) is 37.8 Å². The van der Waals surface area contributed by atoms with E-state index in [-0.39, 0.29) is 17.7 Å². The summed E-state index contributed by atoms with van der Waals surface area (Å²) in [5, 5.41) is 5.01. The Morgan fingerprint density at radius 1 is 1.25 bits per heavy atom. The Morgan fingerprint density at radius 3 is 2.62 bits per heavy atom. The fourth-order valence-electron chi connectivity index (χ4n) is 3.28. The molecule has 2 unspecified atom stereocenters. The summed E-state index contributed by atoms with van der Waals surface area (Å²) in [6.45, 7) is 0.737. The number of rotatable bonds is 8. The van der Waals surface area contributed by atoms with Gasteiger partial charge in [0.1, 0.15) is 0 Å². The quantitative estimate of drug-likeness (QED) is 0.680. The third-order valence-corrected chi connectivity index (χ3v) is 5.35. The maximum atomic E-state index is 12.6. The number of sulfonamides is 1. The van der Waals surface area contributed by atoms with Gasteiger partial charge in [0.25, 0.3) is 0 Å². The Hall–Kier alpha value is -1.44. The summed E-state index contributed by atoms with van der Waals surface area (Å²) in [5.41, 5.74) is 7.17. The number of carbonyl (C=O) groups excluding carboxylic acids is 1. The van der Waals surface area contributed by atoms with E-state index in [1.807, 2.05) is 35.2 Å². The number of benzene rings is 1. The minimum atomic E-state index is -3.40. The van der Waals surface area contributed by atoms with Crippen LogP contribution in [0.1, 0.15) is 37.7 Å². The van der Waals surface area contributed by atoms with Crippen molar-refractivity contribution in [3.8, 4) is 0 Å². The van der Waals surface area contributed by atoms with E-state index in [9.17, 15) is 13.2 Å². The van der Waals surface area contributed by atoms with Crippen molar-refractivity contribution < 1.29 is 13.2 Å². The van der Waals surface area contributed by atoms with E-state index in [4.69, 9.17) is 10.9 Å². The highest BCUT2D eigenvalue weighted by Gasteiger charge is 2.31. The van der Waals surface area contributed by atoms with Gasteiger partial charge in [0.2, 0.25) is 15.9 Å². The first-order valence-electron chi connectivity index (χ1n) is 8.47. The number of likely N-dealkylation sites (tertiary alicyclic amines) is 1. The van der Waals surface area contributed by atoms with Crippen molar-refractivity contribution in [1.29, 1.82) is 0 Å². The minimum Gasteiger partial charge on any atom is -0.338 e. The molecule has 6 nitrogen and oxygen atoms in total. The molecule has 1 aliphatic rings. The summed E-state index contributed by atoms with van der Waals surface area (Å²) in [7, 11) is -3.40. The molecule has 134 valence electrons. The molecule has 1 fully saturated rings. The Kier molecular flexibility index (Phi) is 6.77. The molecule has 0 aliphatic carbocycles. The van der Waals surface area contributed by atoms with Gasteiger partial charge in [0.15, 0.2) is 0 Å². The van der Waals surface area contributed by atoms with Gasteiger partial charge < -0.3 is 10.6 Å². The molecule has 2 atom stereocenters. The van der Waals surface area contributed by atoms with Crippen LogP contribution in [0, 0.1) is 0 Å². The summed E-state index contributed by atoms with van der Waals surface area (Å²) >= 11 is 0. The van der Waals surface area contributed by atoms with E-state index >= 15 is 0 Å². The Morgan fingerprint density at radius 2 is 1.96 bits per heavy atom. The van der Waals surface area contributed by atoms with E-state index in [1.165, 1.54) is 0 Å². The molecule has 4 N–H and O–H groups in total. The zero-order valence-corrected chi connectivity index (χ0v) is 14.7. The number of hydrogen-bond acceptors (Lipinski definition) is 4. The van der Waals surface area contributed by atoms with Crippen molar-refractivity contribution in [2.75, 3.05) is 12.3 Å². The van der Waals surface area contributed by atoms with Crippen LogP contribution in [0.5, 0.6) is 0 Å². The van der Waals surface area contributed by atoms with Crippen LogP contribution in [0.4, 0.5) is 0 Å². The summed E-state index contributed by atoms with van der Waals surface area (Å²) in [5.74, 6) is -0.00549. The number of hydrogen-bond donors (Lipinski definition) is 2. The second-order valence-corrected chi connectivity index (χ2v) is 8.22. The third kappa shape index (κ3) is 5.89. The number of primary sulfonamides is 1. The molecular formula is C17H27N3O3S. The fourth-order valence-corrected chi connectivity index (χ4v) is 3.88. The molecule has 2 rings (SSSR count). The average Bonchev–Trinajstić information content (AvgIpc) is 2.99. The lowest BCUT2D eigenvalue weighted by Crippen LogP contribution is -2.47. The van der Waals surface area contributed by atoms with Gasteiger partial charge in [-0.25, -0.2) is 13.6 Å². The second kappa shape index (κ2) is 8.60. The van der Waals surface area contributed by atoms with Gasteiger partial charge in [-0.3, -0.25) is 4.79 Å². The van der Waals surface area contributed by atoms with Gasteiger partial charge in [-0.1, -0.05) is 36.8 Å². The molecule has 24 heavy (non-hydrogen) atoms. The van der Waals surface area contributed by atoms with Crippen LogP contribution in [0.3, 0.4) is 0 Å². The van der Waals surface area contributed by atoms with Gasteiger partial charge in [-0.05, 0) is 37.7 Å². The Labute approximate surface area is 144 Å². The predicted molar refractivity (Wildman–Crippen MR) is 94.7 cm³/mol. The molecule has 1 amide bonds. The van der Waals surface area contributed by atoms with Crippen molar-refractivity contribution in [2.24, 2.45) is 10.9 Å². The highest BCUT2D eigenvalue weighted by atomic mass is 32.2. The van der Waals surface area contributed by atoms with Crippen LogP contribution < -0.4 is 10.9 Å². The molecular weight excluding hydrogens is 326 g/mol. The van der Waals surface area contributed by atoms with E-state index in [1.54, 1.807) is 0 Å². The van der Waals surface area contributed by atoms with Crippen LogP contribution in [0.15, 0.2) is 30.3 Å². The molecule has 0 bridgehead atoms. The van der Waals surface area contributed by atoms with Crippen molar-refractivity contribution >= 4 is 15.9 Å². The van der Waals surface area contributed by atoms with Gasteiger partial charge in [-0.2, -0.15) is 0 Å². The molecule has 1 aromatic carbocycles. The lowest BCUT2D eigenvalue weighted by molar-refractivity contribution is -0.133. The normalized spacial score (nSPS) is 19.4. The van der Waals surface area contributed by atoms with Gasteiger partial charge in [0.05, 0.1) is 11.8 Å². The lowest BCUT2D eigenvalue weighted by Gasteiger charge is -2.27. The van der Waals surface area contributed by atoms with E-state index < -0.39 is 16.1 Å². The van der Waals surface area contributed by atoms with Gasteiger partial charge in [-0.15, -0.1) is 0 Å². The minimum absolute atomic E-state index is 0.00118. The predicted octanol–water partition coefficient (Wildman–Crippen LogP) is 1.01. The van der Waals surface area contributed by atoms with Gasteiger partial charge in [0, 0.05) is 12.6 Å². The molecule has 0 radical (unpaired) electrons. The smallest absolute Gasteiger partial charge is 0.240 e. The maximum absolute atomic E-state index is 12.6. The third-order valence-electron chi connectivity index (χ3n) is 4.49. The molecule has 0 aromatic heterocycles. The molecule has 1 heterocycles. The van der Waals surface area contributed by atoms with Crippen LogP contribution in [0.25, 0.3) is 0 Å². The molecule has 0 spiro atoms. The van der Waals surface area contributed by atoms with E-state index in [0.29, 0.717) is 12.8 Å². The molecule has 1 aromatic rings. The van der Waals surface area contributed by atoms with Crippen molar-refractivity contribution in [2.45, 2.75) is 50.6 Å². The number of nitrogens with two attached hydrogens (primary N) is 2. The fraction of sp³-hybridized carbons (Fsp3) is 0.588. The van der Waals surface area contributed by atoms with Crippen molar-refractivity contribution in [3.05, 3.63) is 35.9 Å². The highest BCUT2D eigenvalue weighted by Crippen LogP contribution is 2.23. The Bertz CT molecular complexity index is 634. The van der Waals surface area contributed by atoms with Crippen molar-refractivity contribution in [3.63, 3.8) is 0 Å². The lowest BCUT2D eigenvalue weighted by atomic mass is 10.0. The summed E-state index contributed by atoms with van der Waals surface area (Å²) in [4.78, 5) is 14.5. The highest BCUT2D eigenvalue weighted by molar-refractivity contribution is 7.89. The van der Waals surface area contributed by atoms with E-state index in [2.05, 4.69) is 0 Å². The van der Waals surface area contributed by atoms with Crippen molar-refractivity contribution in [1.82, 2.24) is 4.90 Å². The summed E-state index contributed by atoms with van der Waals surface area (Å²) < 4.78 is 21.9. The van der Waals surface area contributed by atoms with Crippen LogP contribution >= 0.6 is 0 Å². The van der Waals surface area contributed by atoms with Crippen LogP contribution in [-0.4, -0.2) is 43.6 Å².